The van der Waals surface area contributed by atoms with Crippen LogP contribution in [0.3, 0.4) is 0 Å². The highest BCUT2D eigenvalue weighted by Gasteiger charge is 2.52. The molecular formula is C28H32N4O4. The maximum Gasteiger partial charge on any atom is 0.332 e. The van der Waals surface area contributed by atoms with Crippen LogP contribution in [0.25, 0.3) is 10.9 Å². The van der Waals surface area contributed by atoms with Gasteiger partial charge in [0.05, 0.1) is 17.3 Å². The number of benzene rings is 2. The van der Waals surface area contributed by atoms with Gasteiger partial charge in [0.1, 0.15) is 6.04 Å². The van der Waals surface area contributed by atoms with E-state index in [4.69, 9.17) is 4.74 Å². The van der Waals surface area contributed by atoms with E-state index < -0.39 is 12.1 Å². The number of nitrogens with one attached hydrogen (secondary N) is 2. The Morgan fingerprint density at radius 1 is 1.08 bits per heavy atom. The number of hydrogen-bond donors (Lipinski definition) is 2. The van der Waals surface area contributed by atoms with Crippen molar-refractivity contribution in [1.82, 2.24) is 15.2 Å². The second kappa shape index (κ2) is 10.1. The number of ether oxygens (including phenoxy) is 1. The summed E-state index contributed by atoms with van der Waals surface area (Å²) < 4.78 is 5.55. The first kappa shape index (κ1) is 24.1. The molecule has 2 aliphatic heterocycles. The molecule has 0 radical (unpaired) electrons. The minimum atomic E-state index is -0.601. The van der Waals surface area contributed by atoms with Crippen molar-refractivity contribution in [2.75, 3.05) is 24.7 Å². The Morgan fingerprint density at radius 2 is 1.83 bits per heavy atom. The number of nitrogens with zero attached hydrogens (tertiary/aromatic N) is 2. The van der Waals surface area contributed by atoms with E-state index in [0.717, 1.165) is 41.6 Å². The zero-order valence-electron chi connectivity index (χ0n) is 20.8. The number of aromatic nitrogens is 1. The fourth-order valence-corrected chi connectivity index (χ4v) is 5.26. The average molecular weight is 489 g/mol. The number of hydrogen-bond acceptors (Lipinski definition) is 4. The minimum Gasteiger partial charge on any atom is -0.381 e. The van der Waals surface area contributed by atoms with E-state index >= 15 is 0 Å². The molecule has 4 amide bonds. The average Bonchev–Trinajstić information content (AvgIpc) is 3.39. The zero-order chi connectivity index (χ0) is 25.2. The summed E-state index contributed by atoms with van der Waals surface area (Å²) in [6.07, 6.45) is 3.24. The highest BCUT2D eigenvalue weighted by atomic mass is 16.5. The fraction of sp³-hybridized carbons (Fsp3) is 0.393. The van der Waals surface area contributed by atoms with E-state index in [1.807, 2.05) is 31.2 Å². The monoisotopic (exact) mass is 488 g/mol. The number of imide groups is 1. The molecule has 8 nitrogen and oxygen atoms in total. The van der Waals surface area contributed by atoms with Crippen molar-refractivity contribution in [3.05, 3.63) is 65.4 Å². The lowest BCUT2D eigenvalue weighted by Gasteiger charge is -2.33. The number of fused-ring (bicyclic) bond motifs is 4. The molecular weight excluding hydrogens is 456 g/mol. The molecule has 0 unspecified atom stereocenters. The van der Waals surface area contributed by atoms with Crippen molar-refractivity contribution in [3.8, 4) is 0 Å². The van der Waals surface area contributed by atoms with Gasteiger partial charge < -0.3 is 19.9 Å². The Kier molecular flexibility index (Phi) is 6.78. The second-order valence-electron chi connectivity index (χ2n) is 9.41. The first-order chi connectivity index (χ1) is 17.5. The van der Waals surface area contributed by atoms with Crippen LogP contribution in [-0.2, 0) is 16.0 Å². The van der Waals surface area contributed by atoms with E-state index in [2.05, 4.69) is 17.2 Å². The molecule has 0 spiro atoms. The number of anilines is 1. The van der Waals surface area contributed by atoms with Gasteiger partial charge >= 0.3 is 6.03 Å². The third-order valence-corrected chi connectivity index (χ3v) is 7.12. The molecule has 188 valence electrons. The van der Waals surface area contributed by atoms with Crippen molar-refractivity contribution >= 4 is 34.4 Å². The molecule has 0 aliphatic carbocycles. The minimum absolute atomic E-state index is 0.290. The van der Waals surface area contributed by atoms with Gasteiger partial charge in [0.15, 0.2) is 0 Å². The molecule has 1 fully saturated rings. The molecule has 2 atom stereocenters. The van der Waals surface area contributed by atoms with Crippen LogP contribution < -0.4 is 10.2 Å². The quantitative estimate of drug-likeness (QED) is 0.341. The molecule has 5 rings (SSSR count). The van der Waals surface area contributed by atoms with E-state index in [-0.39, 0.29) is 17.9 Å². The predicted octanol–water partition coefficient (Wildman–Crippen LogP) is 4.56. The fourth-order valence-electron chi connectivity index (χ4n) is 5.26. The lowest BCUT2D eigenvalue weighted by atomic mass is 9.93. The summed E-state index contributed by atoms with van der Waals surface area (Å²) in [5, 5.41) is 3.98. The summed E-state index contributed by atoms with van der Waals surface area (Å²) >= 11 is 0. The third kappa shape index (κ3) is 4.15. The molecule has 2 aliphatic rings. The number of urea groups is 1. The van der Waals surface area contributed by atoms with Gasteiger partial charge in [0, 0.05) is 42.8 Å². The Bertz CT molecular complexity index is 1300. The van der Waals surface area contributed by atoms with Crippen molar-refractivity contribution in [1.29, 1.82) is 0 Å². The summed E-state index contributed by atoms with van der Waals surface area (Å²) in [6, 6.07) is 13.5. The van der Waals surface area contributed by atoms with Crippen LogP contribution in [0, 0.1) is 0 Å². The SMILES string of the molecule is CCCCOCCCNC(=O)c1ccccc1N1C(=O)[C@@H]2Cc3c([nH]c4ccccc34)[C@@H](C)N2C1=O. The molecule has 3 aromatic rings. The number of amides is 4. The number of carbonyl (C=O) groups is 3. The van der Waals surface area contributed by atoms with Crippen LogP contribution in [-0.4, -0.2) is 53.5 Å². The van der Waals surface area contributed by atoms with Crippen LogP contribution in [0.1, 0.15) is 60.8 Å². The van der Waals surface area contributed by atoms with Crippen molar-refractivity contribution in [2.24, 2.45) is 0 Å². The lowest BCUT2D eigenvalue weighted by molar-refractivity contribution is -0.120. The normalized spacial score (nSPS) is 19.1. The number of unbranched alkanes of at least 4 members (excludes halogenated alkanes) is 1. The predicted molar refractivity (Wildman–Crippen MR) is 138 cm³/mol. The molecule has 1 aromatic heterocycles. The number of H-pyrrole nitrogens is 1. The Labute approximate surface area is 210 Å². The summed E-state index contributed by atoms with van der Waals surface area (Å²) in [5.41, 5.74) is 3.67. The highest BCUT2D eigenvalue weighted by molar-refractivity contribution is 6.24. The first-order valence-electron chi connectivity index (χ1n) is 12.7. The van der Waals surface area contributed by atoms with E-state index in [9.17, 15) is 14.4 Å². The molecule has 3 heterocycles. The molecule has 36 heavy (non-hydrogen) atoms. The zero-order valence-corrected chi connectivity index (χ0v) is 20.8. The van der Waals surface area contributed by atoms with E-state index in [1.165, 1.54) is 4.90 Å². The van der Waals surface area contributed by atoms with Gasteiger partial charge in [-0.15, -0.1) is 0 Å². The van der Waals surface area contributed by atoms with Crippen molar-refractivity contribution in [2.45, 2.75) is 51.6 Å². The van der Waals surface area contributed by atoms with Crippen LogP contribution in [0.4, 0.5) is 10.5 Å². The highest BCUT2D eigenvalue weighted by Crippen LogP contribution is 2.42. The summed E-state index contributed by atoms with van der Waals surface area (Å²) in [4.78, 5) is 46.5. The summed E-state index contributed by atoms with van der Waals surface area (Å²) in [5.74, 6) is -0.610. The van der Waals surface area contributed by atoms with Crippen LogP contribution in [0.15, 0.2) is 48.5 Å². The standard InChI is InChI=1S/C28H32N4O4/c1-3-4-15-36-16-9-14-29-26(33)20-11-6-8-13-23(20)32-27(34)24-17-21-19-10-5-7-12-22(19)30-25(21)18(2)31(24)28(32)35/h5-8,10-13,18,24,30H,3-4,9,14-17H2,1-2H3,(H,29,33)/t18-,24+/m1/s1. The second-order valence-corrected chi connectivity index (χ2v) is 9.41. The smallest absolute Gasteiger partial charge is 0.332 e. The van der Waals surface area contributed by atoms with Gasteiger partial charge in [0.2, 0.25) is 0 Å². The maximum absolute atomic E-state index is 13.6. The van der Waals surface area contributed by atoms with Gasteiger partial charge in [-0.3, -0.25) is 9.59 Å². The van der Waals surface area contributed by atoms with Crippen molar-refractivity contribution in [3.63, 3.8) is 0 Å². The Balaban J connectivity index is 1.34. The van der Waals surface area contributed by atoms with Gasteiger partial charge in [-0.1, -0.05) is 43.7 Å². The van der Waals surface area contributed by atoms with Crippen molar-refractivity contribution < 1.29 is 19.1 Å². The van der Waals surface area contributed by atoms with E-state index in [1.54, 1.807) is 29.2 Å². The first-order valence-corrected chi connectivity index (χ1v) is 12.7. The van der Waals surface area contributed by atoms with Gasteiger partial charge in [0.25, 0.3) is 11.8 Å². The van der Waals surface area contributed by atoms with Gasteiger partial charge in [-0.25, -0.2) is 9.69 Å². The Hall–Kier alpha value is -3.65. The summed E-state index contributed by atoms with van der Waals surface area (Å²) in [7, 11) is 0. The number of para-hydroxylation sites is 2. The largest absolute Gasteiger partial charge is 0.381 e. The maximum atomic E-state index is 13.6. The number of carbonyl (C=O) groups excluding carboxylic acids is 3. The lowest BCUT2D eigenvalue weighted by Crippen LogP contribution is -2.42. The molecule has 0 saturated carbocycles. The van der Waals surface area contributed by atoms with Crippen LogP contribution >= 0.6 is 0 Å². The molecule has 8 heteroatoms. The third-order valence-electron chi connectivity index (χ3n) is 7.12. The molecule has 0 bridgehead atoms. The van der Waals surface area contributed by atoms with Gasteiger partial charge in [-0.2, -0.15) is 0 Å². The van der Waals surface area contributed by atoms with Crippen LogP contribution in [0.2, 0.25) is 0 Å². The topological polar surface area (TPSA) is 94.7 Å². The van der Waals surface area contributed by atoms with Gasteiger partial charge in [-0.05, 0) is 43.5 Å². The van der Waals surface area contributed by atoms with E-state index in [0.29, 0.717) is 37.2 Å². The Morgan fingerprint density at radius 3 is 2.67 bits per heavy atom. The molecule has 2 N–H and O–H groups in total. The number of aromatic amines is 1. The molecule has 2 aromatic carbocycles. The molecule has 1 saturated heterocycles. The summed E-state index contributed by atoms with van der Waals surface area (Å²) in [6.45, 7) is 5.81. The number of rotatable bonds is 9. The van der Waals surface area contributed by atoms with Crippen LogP contribution in [0.5, 0.6) is 0 Å².